The van der Waals surface area contributed by atoms with Gasteiger partial charge in [0.05, 0.1) is 7.11 Å². The van der Waals surface area contributed by atoms with Gasteiger partial charge in [-0.15, -0.1) is 0 Å². The van der Waals surface area contributed by atoms with Crippen LogP contribution in [0.1, 0.15) is 11.1 Å². The van der Waals surface area contributed by atoms with Crippen LogP contribution in [0.2, 0.25) is 0 Å². The molecule has 0 bridgehead atoms. The highest BCUT2D eigenvalue weighted by Crippen LogP contribution is 2.15. The lowest BCUT2D eigenvalue weighted by Crippen LogP contribution is -2.08. The summed E-state index contributed by atoms with van der Waals surface area (Å²) in [5.74, 6) is 0.860. The molecule has 4 nitrogen and oxygen atoms in total. The second kappa shape index (κ2) is 6.00. The highest BCUT2D eigenvalue weighted by Gasteiger charge is 2.08. The van der Waals surface area contributed by atoms with Gasteiger partial charge >= 0.3 is 0 Å². The second-order valence-electron chi connectivity index (χ2n) is 4.32. The molecule has 0 saturated heterocycles. The molecule has 0 atom stereocenters. The number of hydrogen-bond acceptors (Lipinski definition) is 4. The van der Waals surface area contributed by atoms with Crippen LogP contribution in [0.15, 0.2) is 42.7 Å². The van der Waals surface area contributed by atoms with Gasteiger partial charge in [0.1, 0.15) is 11.5 Å². The molecule has 1 aromatic carbocycles. The van der Waals surface area contributed by atoms with E-state index in [0.29, 0.717) is 18.5 Å². The lowest BCUT2D eigenvalue weighted by molar-refractivity contribution is -0.117. The maximum absolute atomic E-state index is 12.0. The van der Waals surface area contributed by atoms with Crippen molar-refractivity contribution in [1.29, 1.82) is 0 Å². The molecule has 2 rings (SSSR count). The largest absolute Gasteiger partial charge is 0.497 e. The van der Waals surface area contributed by atoms with E-state index in [1.807, 2.05) is 24.3 Å². The van der Waals surface area contributed by atoms with Crippen LogP contribution in [0, 0.1) is 0 Å². The van der Waals surface area contributed by atoms with E-state index >= 15 is 0 Å². The summed E-state index contributed by atoms with van der Waals surface area (Å²) in [6.45, 7) is 0. The summed E-state index contributed by atoms with van der Waals surface area (Å²) in [6.07, 6.45) is 3.92. The Bertz CT molecular complexity index is 582. The molecular weight excluding hydrogens is 240 g/mol. The Morgan fingerprint density at radius 2 is 2.16 bits per heavy atom. The van der Waals surface area contributed by atoms with Crippen molar-refractivity contribution in [2.24, 2.45) is 0 Å². The van der Waals surface area contributed by atoms with Crippen LogP contribution in [-0.2, 0) is 17.6 Å². The molecule has 4 heteroatoms. The van der Waals surface area contributed by atoms with Crippen LogP contribution >= 0.6 is 0 Å². The third kappa shape index (κ3) is 3.55. The maximum atomic E-state index is 12.0. The minimum Gasteiger partial charge on any atom is -0.497 e. The van der Waals surface area contributed by atoms with Gasteiger partial charge in [0, 0.05) is 36.5 Å². The van der Waals surface area contributed by atoms with Crippen molar-refractivity contribution in [3.8, 4) is 5.75 Å². The van der Waals surface area contributed by atoms with Crippen LogP contribution in [0.5, 0.6) is 5.75 Å². The summed E-state index contributed by atoms with van der Waals surface area (Å²) in [5.41, 5.74) is 8.11. The van der Waals surface area contributed by atoms with E-state index < -0.39 is 0 Å². The smallest absolute Gasteiger partial charge is 0.141 e. The highest BCUT2D eigenvalue weighted by molar-refractivity contribution is 5.84. The first kappa shape index (κ1) is 13.1. The molecule has 0 fully saturated rings. The molecular formula is C15H16N2O2. The molecule has 0 spiro atoms. The number of methoxy groups -OCH3 is 1. The van der Waals surface area contributed by atoms with Gasteiger partial charge in [0.2, 0.25) is 0 Å². The maximum Gasteiger partial charge on any atom is 0.141 e. The standard InChI is InChI=1S/C15H16N2O2/c1-19-14-4-2-3-11(8-14)7-13(18)9-12-10-17-6-5-15(12)16/h2-6,8,10H,7,9H2,1H3,(H2,16,17). The molecule has 98 valence electrons. The van der Waals surface area contributed by atoms with E-state index in [4.69, 9.17) is 10.5 Å². The quantitative estimate of drug-likeness (QED) is 0.889. The van der Waals surface area contributed by atoms with Crippen molar-refractivity contribution in [2.75, 3.05) is 12.8 Å². The summed E-state index contributed by atoms with van der Waals surface area (Å²) in [6, 6.07) is 9.21. The highest BCUT2D eigenvalue weighted by atomic mass is 16.5. The predicted molar refractivity (Wildman–Crippen MR) is 74.1 cm³/mol. The minimum absolute atomic E-state index is 0.105. The molecule has 0 saturated carbocycles. The SMILES string of the molecule is COc1cccc(CC(=O)Cc2cnccc2N)c1. The van der Waals surface area contributed by atoms with Crippen molar-refractivity contribution in [3.63, 3.8) is 0 Å². The molecule has 2 N–H and O–H groups in total. The van der Waals surface area contributed by atoms with E-state index in [-0.39, 0.29) is 5.78 Å². The van der Waals surface area contributed by atoms with Crippen molar-refractivity contribution in [3.05, 3.63) is 53.9 Å². The van der Waals surface area contributed by atoms with Gasteiger partial charge in [0.15, 0.2) is 0 Å². The number of anilines is 1. The number of nitrogen functional groups attached to an aromatic ring is 1. The van der Waals surface area contributed by atoms with E-state index in [9.17, 15) is 4.79 Å². The van der Waals surface area contributed by atoms with Gasteiger partial charge in [-0.05, 0) is 23.8 Å². The summed E-state index contributed by atoms with van der Waals surface area (Å²) >= 11 is 0. The summed E-state index contributed by atoms with van der Waals surface area (Å²) < 4.78 is 5.13. The average molecular weight is 256 g/mol. The second-order valence-corrected chi connectivity index (χ2v) is 4.32. The Morgan fingerprint density at radius 1 is 1.32 bits per heavy atom. The minimum atomic E-state index is 0.105. The van der Waals surface area contributed by atoms with E-state index in [0.717, 1.165) is 16.9 Å². The monoisotopic (exact) mass is 256 g/mol. The average Bonchev–Trinajstić information content (AvgIpc) is 2.41. The molecule has 19 heavy (non-hydrogen) atoms. The van der Waals surface area contributed by atoms with Crippen LogP contribution in [0.3, 0.4) is 0 Å². The van der Waals surface area contributed by atoms with Crippen LogP contribution < -0.4 is 10.5 Å². The fourth-order valence-electron chi connectivity index (χ4n) is 1.87. The Kier molecular flexibility index (Phi) is 4.13. The number of aromatic nitrogens is 1. The number of carbonyl (C=O) groups excluding carboxylic acids is 1. The normalized spacial score (nSPS) is 10.2. The first-order valence-electron chi connectivity index (χ1n) is 6.02. The number of carbonyl (C=O) groups is 1. The lowest BCUT2D eigenvalue weighted by atomic mass is 10.0. The first-order valence-corrected chi connectivity index (χ1v) is 6.02. The van der Waals surface area contributed by atoms with E-state index in [1.54, 1.807) is 25.6 Å². The lowest BCUT2D eigenvalue weighted by Gasteiger charge is -2.05. The molecule has 0 radical (unpaired) electrons. The Balaban J connectivity index is 2.03. The summed E-state index contributed by atoms with van der Waals surface area (Å²) in [5, 5.41) is 0. The van der Waals surface area contributed by atoms with Crippen LogP contribution in [0.4, 0.5) is 5.69 Å². The number of nitrogens with zero attached hydrogens (tertiary/aromatic N) is 1. The van der Waals surface area contributed by atoms with Gasteiger partial charge in [-0.1, -0.05) is 12.1 Å². The van der Waals surface area contributed by atoms with Crippen molar-refractivity contribution < 1.29 is 9.53 Å². The number of rotatable bonds is 5. The summed E-state index contributed by atoms with van der Waals surface area (Å²) in [7, 11) is 1.61. The zero-order valence-corrected chi connectivity index (χ0v) is 10.8. The topological polar surface area (TPSA) is 65.2 Å². The Hall–Kier alpha value is -2.36. The third-order valence-electron chi connectivity index (χ3n) is 2.86. The van der Waals surface area contributed by atoms with Gasteiger partial charge < -0.3 is 10.5 Å². The summed E-state index contributed by atoms with van der Waals surface area (Å²) in [4.78, 5) is 16.0. The van der Waals surface area contributed by atoms with Crippen molar-refractivity contribution in [1.82, 2.24) is 4.98 Å². The number of nitrogens with two attached hydrogens (primary N) is 1. The third-order valence-corrected chi connectivity index (χ3v) is 2.86. The zero-order valence-electron chi connectivity index (χ0n) is 10.8. The molecule has 2 aromatic rings. The number of Topliss-reactive ketones (excluding diaryl/α,β-unsaturated/α-hetero) is 1. The van der Waals surface area contributed by atoms with Gasteiger partial charge in [0.25, 0.3) is 0 Å². The molecule has 0 aliphatic heterocycles. The number of benzene rings is 1. The number of ketones is 1. The number of hydrogen-bond donors (Lipinski definition) is 1. The predicted octanol–water partition coefficient (Wildman–Crippen LogP) is 2.03. The van der Waals surface area contributed by atoms with Crippen LogP contribution in [-0.4, -0.2) is 17.9 Å². The van der Waals surface area contributed by atoms with Gasteiger partial charge in [-0.2, -0.15) is 0 Å². The Labute approximate surface area is 112 Å². The van der Waals surface area contributed by atoms with Gasteiger partial charge in [-0.3, -0.25) is 9.78 Å². The van der Waals surface area contributed by atoms with E-state index in [2.05, 4.69) is 4.98 Å². The number of pyridine rings is 1. The molecule has 0 aliphatic rings. The molecule has 1 aromatic heterocycles. The molecule has 0 amide bonds. The molecule has 0 unspecified atom stereocenters. The fourth-order valence-corrected chi connectivity index (χ4v) is 1.87. The first-order chi connectivity index (χ1) is 9.19. The van der Waals surface area contributed by atoms with E-state index in [1.165, 1.54) is 0 Å². The van der Waals surface area contributed by atoms with Crippen molar-refractivity contribution >= 4 is 11.5 Å². The van der Waals surface area contributed by atoms with Gasteiger partial charge in [-0.25, -0.2) is 0 Å². The Morgan fingerprint density at radius 3 is 2.89 bits per heavy atom. The van der Waals surface area contributed by atoms with Crippen LogP contribution in [0.25, 0.3) is 0 Å². The molecule has 1 heterocycles. The zero-order chi connectivity index (χ0) is 13.7. The number of ether oxygens (including phenoxy) is 1. The van der Waals surface area contributed by atoms with Crippen molar-refractivity contribution in [2.45, 2.75) is 12.8 Å². The fraction of sp³-hybridized carbons (Fsp3) is 0.200. The molecule has 0 aliphatic carbocycles.